The highest BCUT2D eigenvalue weighted by Gasteiger charge is 2.20. The molecule has 4 aromatic rings. The number of hydrogen-bond donors (Lipinski definition) is 1. The van der Waals surface area contributed by atoms with Crippen molar-refractivity contribution in [2.75, 3.05) is 5.32 Å². The molecule has 0 atom stereocenters. The lowest BCUT2D eigenvalue weighted by Gasteiger charge is -2.04. The van der Waals surface area contributed by atoms with Gasteiger partial charge in [-0.15, -0.1) is 27.8 Å². The molecule has 0 unspecified atom stereocenters. The number of carbonyl (C=O) groups excluding carboxylic acids is 1. The van der Waals surface area contributed by atoms with E-state index in [1.165, 1.54) is 39.5 Å². The summed E-state index contributed by atoms with van der Waals surface area (Å²) in [6.45, 7) is 1.90. The fourth-order valence-electron chi connectivity index (χ4n) is 2.33. The number of hydrogen-bond acceptors (Lipinski definition) is 6. The predicted molar refractivity (Wildman–Crippen MR) is 99.4 cm³/mol. The number of thiophene rings is 1. The quantitative estimate of drug-likeness (QED) is 0.573. The molecule has 0 bridgehead atoms. The number of nitrogens with zero attached hydrogens (tertiary/aromatic N) is 4. The second-order valence-corrected chi connectivity index (χ2v) is 7.54. The van der Waals surface area contributed by atoms with Gasteiger partial charge in [-0.3, -0.25) is 10.1 Å². The Morgan fingerprint density at radius 2 is 2.15 bits per heavy atom. The van der Waals surface area contributed by atoms with Crippen LogP contribution < -0.4 is 5.32 Å². The van der Waals surface area contributed by atoms with Crippen molar-refractivity contribution in [1.29, 1.82) is 0 Å². The Hall–Kier alpha value is -2.91. The first-order chi connectivity index (χ1) is 12.6. The number of carbonyl (C=O) groups is 1. The van der Waals surface area contributed by atoms with Crippen LogP contribution in [0.5, 0.6) is 0 Å². The Morgan fingerprint density at radius 1 is 1.27 bits per heavy atom. The highest BCUT2D eigenvalue weighted by Crippen LogP contribution is 2.26. The lowest BCUT2D eigenvalue weighted by molar-refractivity contribution is 0.101. The fourth-order valence-corrected chi connectivity index (χ4v) is 3.68. The number of halogens is 1. The van der Waals surface area contributed by atoms with Gasteiger partial charge in [0, 0.05) is 11.1 Å². The number of anilines is 1. The van der Waals surface area contributed by atoms with Crippen molar-refractivity contribution in [2.45, 2.75) is 6.92 Å². The van der Waals surface area contributed by atoms with Crippen LogP contribution >= 0.6 is 22.7 Å². The maximum Gasteiger partial charge on any atom is 0.297 e. The molecule has 0 aliphatic carbocycles. The Balaban J connectivity index is 1.75. The molecular formula is C17H12FN5OS2. The van der Waals surface area contributed by atoms with E-state index in [9.17, 15) is 9.18 Å². The van der Waals surface area contributed by atoms with Gasteiger partial charge in [-0.05, 0) is 36.6 Å². The van der Waals surface area contributed by atoms with E-state index in [4.69, 9.17) is 0 Å². The molecule has 0 saturated heterocycles. The van der Waals surface area contributed by atoms with Gasteiger partial charge in [0.05, 0.1) is 10.6 Å². The highest BCUT2D eigenvalue weighted by molar-refractivity contribution is 7.15. The van der Waals surface area contributed by atoms with E-state index < -0.39 is 5.91 Å². The van der Waals surface area contributed by atoms with Gasteiger partial charge in [-0.1, -0.05) is 12.1 Å². The van der Waals surface area contributed by atoms with Crippen LogP contribution in [0.2, 0.25) is 0 Å². The molecule has 9 heteroatoms. The van der Waals surface area contributed by atoms with E-state index in [0.29, 0.717) is 16.6 Å². The molecule has 0 aliphatic rings. The Kier molecular flexibility index (Phi) is 4.31. The smallest absolute Gasteiger partial charge is 0.295 e. The number of benzene rings is 1. The molecule has 3 heterocycles. The maximum atomic E-state index is 13.6. The fraction of sp³-hybridized carbons (Fsp3) is 0.0588. The molecule has 0 saturated carbocycles. The number of thiazole rings is 1. The third kappa shape index (κ3) is 3.26. The topological polar surface area (TPSA) is 72.7 Å². The highest BCUT2D eigenvalue weighted by atomic mass is 32.1. The number of aromatic nitrogens is 4. The minimum atomic E-state index is -0.465. The Bertz CT molecular complexity index is 1070. The summed E-state index contributed by atoms with van der Waals surface area (Å²) in [5.41, 5.74) is 0.491. The van der Waals surface area contributed by atoms with Crippen LogP contribution in [0.4, 0.5) is 9.52 Å². The summed E-state index contributed by atoms with van der Waals surface area (Å²) < 4.78 is 15.1. The van der Waals surface area contributed by atoms with Gasteiger partial charge in [0.25, 0.3) is 5.91 Å². The van der Waals surface area contributed by atoms with Gasteiger partial charge in [0.2, 0.25) is 5.82 Å². The normalized spacial score (nSPS) is 10.8. The van der Waals surface area contributed by atoms with Crippen molar-refractivity contribution in [3.63, 3.8) is 0 Å². The van der Waals surface area contributed by atoms with Crippen molar-refractivity contribution in [3.8, 4) is 16.4 Å². The molecule has 4 rings (SSSR count). The number of aryl methyl sites for hydroxylation is 1. The molecule has 26 heavy (non-hydrogen) atoms. The van der Waals surface area contributed by atoms with Gasteiger partial charge in [0.1, 0.15) is 5.82 Å². The van der Waals surface area contributed by atoms with Gasteiger partial charge in [0.15, 0.2) is 11.0 Å². The van der Waals surface area contributed by atoms with Crippen molar-refractivity contribution >= 4 is 33.7 Å². The minimum absolute atomic E-state index is 0.00878. The standard InChI is InChI=1S/C17H12FN5OS2/c1-10-9-19-17(26-10)21-16(24)14-20-15(13-6-3-7-25-13)23(22-14)12-5-2-4-11(18)8-12/h2-9H,1H3,(H,19,21,24). The van der Waals surface area contributed by atoms with E-state index in [1.54, 1.807) is 18.3 Å². The first-order valence-electron chi connectivity index (χ1n) is 7.61. The molecule has 130 valence electrons. The van der Waals surface area contributed by atoms with Crippen LogP contribution in [0.3, 0.4) is 0 Å². The van der Waals surface area contributed by atoms with E-state index in [0.717, 1.165) is 9.75 Å². The SMILES string of the molecule is Cc1cnc(NC(=O)c2nc(-c3cccs3)n(-c3cccc(F)c3)n2)s1. The zero-order chi connectivity index (χ0) is 18.1. The number of amides is 1. The summed E-state index contributed by atoms with van der Waals surface area (Å²) in [6.07, 6.45) is 1.68. The van der Waals surface area contributed by atoms with Crippen LogP contribution in [-0.2, 0) is 0 Å². The van der Waals surface area contributed by atoms with Crippen molar-refractivity contribution in [2.24, 2.45) is 0 Å². The summed E-state index contributed by atoms with van der Waals surface area (Å²) in [5, 5.41) is 9.36. The molecule has 0 spiro atoms. The average molecular weight is 385 g/mol. The zero-order valence-corrected chi connectivity index (χ0v) is 15.1. The van der Waals surface area contributed by atoms with Crippen LogP contribution in [0.25, 0.3) is 16.4 Å². The monoisotopic (exact) mass is 385 g/mol. The molecule has 1 amide bonds. The maximum absolute atomic E-state index is 13.6. The summed E-state index contributed by atoms with van der Waals surface area (Å²) in [7, 11) is 0. The molecule has 6 nitrogen and oxygen atoms in total. The third-order valence-electron chi connectivity index (χ3n) is 3.45. The summed E-state index contributed by atoms with van der Waals surface area (Å²) in [4.78, 5) is 22.8. The summed E-state index contributed by atoms with van der Waals surface area (Å²) in [6, 6.07) is 9.74. The van der Waals surface area contributed by atoms with E-state index >= 15 is 0 Å². The van der Waals surface area contributed by atoms with Crippen molar-refractivity contribution < 1.29 is 9.18 Å². The lowest BCUT2D eigenvalue weighted by Crippen LogP contribution is -2.14. The zero-order valence-electron chi connectivity index (χ0n) is 13.5. The molecule has 1 aromatic carbocycles. The molecule has 0 radical (unpaired) electrons. The first kappa shape index (κ1) is 16.6. The second kappa shape index (κ2) is 6.77. The van der Waals surface area contributed by atoms with Gasteiger partial charge < -0.3 is 0 Å². The average Bonchev–Trinajstić information content (AvgIpc) is 3.34. The van der Waals surface area contributed by atoms with Crippen LogP contribution in [0.1, 0.15) is 15.5 Å². The van der Waals surface area contributed by atoms with Gasteiger partial charge in [-0.2, -0.15) is 0 Å². The third-order valence-corrected chi connectivity index (χ3v) is 5.14. The van der Waals surface area contributed by atoms with E-state index in [1.807, 2.05) is 24.4 Å². The van der Waals surface area contributed by atoms with Crippen LogP contribution in [-0.4, -0.2) is 25.7 Å². The molecule has 3 aromatic heterocycles. The lowest BCUT2D eigenvalue weighted by atomic mass is 10.3. The Labute approximate surface area is 156 Å². The summed E-state index contributed by atoms with van der Waals surface area (Å²) in [5.74, 6) is -0.386. The first-order valence-corrected chi connectivity index (χ1v) is 9.30. The number of nitrogens with one attached hydrogen (secondary N) is 1. The summed E-state index contributed by atoms with van der Waals surface area (Å²) >= 11 is 2.83. The molecule has 0 aliphatic heterocycles. The van der Waals surface area contributed by atoms with Crippen molar-refractivity contribution in [1.82, 2.24) is 19.7 Å². The number of rotatable bonds is 4. The van der Waals surface area contributed by atoms with Crippen molar-refractivity contribution in [3.05, 3.63) is 64.5 Å². The molecular weight excluding hydrogens is 373 g/mol. The van der Waals surface area contributed by atoms with Crippen LogP contribution in [0, 0.1) is 12.7 Å². The Morgan fingerprint density at radius 3 is 2.85 bits per heavy atom. The molecule has 0 fully saturated rings. The van der Waals surface area contributed by atoms with Gasteiger partial charge in [-0.25, -0.2) is 19.0 Å². The van der Waals surface area contributed by atoms with Gasteiger partial charge >= 0.3 is 0 Å². The predicted octanol–water partition coefficient (Wildman–Crippen LogP) is 4.15. The minimum Gasteiger partial charge on any atom is -0.295 e. The largest absolute Gasteiger partial charge is 0.297 e. The van der Waals surface area contributed by atoms with E-state index in [-0.39, 0.29) is 11.6 Å². The van der Waals surface area contributed by atoms with Crippen LogP contribution in [0.15, 0.2) is 48.0 Å². The molecule has 1 N–H and O–H groups in total. The van der Waals surface area contributed by atoms with E-state index in [2.05, 4.69) is 20.4 Å². The second-order valence-electron chi connectivity index (χ2n) is 5.36.